The van der Waals surface area contributed by atoms with Crippen LogP contribution in [0.25, 0.3) is 0 Å². The molecule has 0 aliphatic heterocycles. The molecule has 2 rings (SSSR count). The lowest BCUT2D eigenvalue weighted by atomic mass is 10.2. The van der Waals surface area contributed by atoms with Crippen molar-refractivity contribution in [3.05, 3.63) is 52.6 Å². The predicted octanol–water partition coefficient (Wildman–Crippen LogP) is 2.98. The molecule has 1 aromatic carbocycles. The van der Waals surface area contributed by atoms with Crippen LogP contribution < -0.4 is 15.4 Å². The van der Waals surface area contributed by atoms with Crippen LogP contribution in [0.5, 0.6) is 11.6 Å². The first-order valence-corrected chi connectivity index (χ1v) is 7.87. The fourth-order valence-electron chi connectivity index (χ4n) is 1.82. The summed E-state index contributed by atoms with van der Waals surface area (Å²) in [5, 5.41) is 5.99. The number of rotatable bonds is 7. The van der Waals surface area contributed by atoms with Crippen molar-refractivity contribution in [1.29, 1.82) is 0 Å². The molecule has 1 amide bonds. The molecule has 0 unspecified atom stereocenters. The summed E-state index contributed by atoms with van der Waals surface area (Å²) in [6, 6.07) is 10.8. The maximum Gasteiger partial charge on any atom is 0.256 e. The standard InChI is InChI=1S/C16H18BrN3O2/c1-2-18-9-10-19-15(21)14-7-4-8-20-16(14)22-13-6-3-5-12(17)11-13/h3-8,11,18H,2,9-10H2,1H3,(H,19,21). The minimum atomic E-state index is -0.198. The zero-order chi connectivity index (χ0) is 15.8. The molecule has 0 saturated carbocycles. The summed E-state index contributed by atoms with van der Waals surface area (Å²) in [5.74, 6) is 0.715. The first kappa shape index (κ1) is 16.5. The molecule has 0 saturated heterocycles. The molecule has 2 aromatic rings. The zero-order valence-electron chi connectivity index (χ0n) is 12.3. The van der Waals surface area contributed by atoms with E-state index in [1.807, 2.05) is 31.2 Å². The fraction of sp³-hybridized carbons (Fsp3) is 0.250. The van der Waals surface area contributed by atoms with Crippen molar-refractivity contribution in [2.24, 2.45) is 0 Å². The van der Waals surface area contributed by atoms with Crippen LogP contribution in [0.2, 0.25) is 0 Å². The number of amides is 1. The lowest BCUT2D eigenvalue weighted by Gasteiger charge is -2.10. The Morgan fingerprint density at radius 3 is 2.91 bits per heavy atom. The van der Waals surface area contributed by atoms with Gasteiger partial charge in [-0.25, -0.2) is 4.98 Å². The Morgan fingerprint density at radius 1 is 1.27 bits per heavy atom. The number of likely N-dealkylation sites (N-methyl/N-ethyl adjacent to an activating group) is 1. The van der Waals surface area contributed by atoms with E-state index in [0.717, 1.165) is 17.6 Å². The number of hydrogen-bond donors (Lipinski definition) is 2. The van der Waals surface area contributed by atoms with Gasteiger partial charge in [0.05, 0.1) is 0 Å². The van der Waals surface area contributed by atoms with E-state index >= 15 is 0 Å². The largest absolute Gasteiger partial charge is 0.438 e. The van der Waals surface area contributed by atoms with E-state index in [9.17, 15) is 4.79 Å². The lowest BCUT2D eigenvalue weighted by molar-refractivity contribution is 0.0951. The molecule has 6 heteroatoms. The molecule has 0 aliphatic rings. The third kappa shape index (κ3) is 4.82. The second-order valence-electron chi connectivity index (χ2n) is 4.53. The van der Waals surface area contributed by atoms with E-state index in [1.165, 1.54) is 0 Å². The Hall–Kier alpha value is -1.92. The molecule has 22 heavy (non-hydrogen) atoms. The summed E-state index contributed by atoms with van der Waals surface area (Å²) >= 11 is 3.39. The average molecular weight is 364 g/mol. The minimum Gasteiger partial charge on any atom is -0.438 e. The van der Waals surface area contributed by atoms with Crippen LogP contribution >= 0.6 is 15.9 Å². The second-order valence-corrected chi connectivity index (χ2v) is 5.44. The van der Waals surface area contributed by atoms with Crippen LogP contribution in [0, 0.1) is 0 Å². The smallest absolute Gasteiger partial charge is 0.256 e. The monoisotopic (exact) mass is 363 g/mol. The highest BCUT2D eigenvalue weighted by Crippen LogP contribution is 2.25. The van der Waals surface area contributed by atoms with Gasteiger partial charge in [0, 0.05) is 23.8 Å². The normalized spacial score (nSPS) is 10.3. The topological polar surface area (TPSA) is 63.2 Å². The maximum atomic E-state index is 12.2. The number of hydrogen-bond acceptors (Lipinski definition) is 4. The van der Waals surface area contributed by atoms with Crippen molar-refractivity contribution >= 4 is 21.8 Å². The Kier molecular flexibility index (Phi) is 6.36. The van der Waals surface area contributed by atoms with Crippen molar-refractivity contribution in [2.45, 2.75) is 6.92 Å². The van der Waals surface area contributed by atoms with E-state index in [1.54, 1.807) is 18.3 Å². The van der Waals surface area contributed by atoms with Crippen molar-refractivity contribution in [1.82, 2.24) is 15.6 Å². The van der Waals surface area contributed by atoms with Crippen LogP contribution in [0.15, 0.2) is 47.1 Å². The van der Waals surface area contributed by atoms with Crippen LogP contribution in [-0.4, -0.2) is 30.5 Å². The van der Waals surface area contributed by atoms with Gasteiger partial charge in [-0.3, -0.25) is 4.79 Å². The highest BCUT2D eigenvalue weighted by atomic mass is 79.9. The molecular weight excluding hydrogens is 346 g/mol. The average Bonchev–Trinajstić information content (AvgIpc) is 2.52. The number of nitrogens with zero attached hydrogens (tertiary/aromatic N) is 1. The van der Waals surface area contributed by atoms with Crippen LogP contribution in [0.3, 0.4) is 0 Å². The Bertz CT molecular complexity index is 634. The molecule has 0 atom stereocenters. The molecule has 5 nitrogen and oxygen atoms in total. The molecule has 0 bridgehead atoms. The Balaban J connectivity index is 2.07. The Morgan fingerprint density at radius 2 is 2.14 bits per heavy atom. The van der Waals surface area contributed by atoms with Gasteiger partial charge in [0.1, 0.15) is 11.3 Å². The summed E-state index contributed by atoms with van der Waals surface area (Å²) in [6.45, 7) is 4.18. The number of carbonyl (C=O) groups excluding carboxylic acids is 1. The fourth-order valence-corrected chi connectivity index (χ4v) is 2.20. The number of benzene rings is 1. The summed E-state index contributed by atoms with van der Waals surface area (Å²) in [7, 11) is 0. The number of carbonyl (C=O) groups is 1. The molecule has 0 fully saturated rings. The summed E-state index contributed by atoms with van der Waals surface area (Å²) in [4.78, 5) is 16.4. The summed E-state index contributed by atoms with van der Waals surface area (Å²) < 4.78 is 6.62. The molecule has 116 valence electrons. The van der Waals surface area contributed by atoms with Crippen LogP contribution in [0.1, 0.15) is 17.3 Å². The number of ether oxygens (including phenoxy) is 1. The van der Waals surface area contributed by atoms with Crippen molar-refractivity contribution < 1.29 is 9.53 Å². The highest BCUT2D eigenvalue weighted by Gasteiger charge is 2.13. The van der Waals surface area contributed by atoms with Gasteiger partial charge in [0.15, 0.2) is 0 Å². The van der Waals surface area contributed by atoms with Crippen LogP contribution in [-0.2, 0) is 0 Å². The van der Waals surface area contributed by atoms with E-state index in [0.29, 0.717) is 23.7 Å². The van der Waals surface area contributed by atoms with Gasteiger partial charge in [0.25, 0.3) is 5.91 Å². The van der Waals surface area contributed by atoms with Gasteiger partial charge in [0.2, 0.25) is 5.88 Å². The number of aromatic nitrogens is 1. The molecule has 0 spiro atoms. The molecule has 1 heterocycles. The second kappa shape index (κ2) is 8.51. The number of nitrogens with one attached hydrogen (secondary N) is 2. The zero-order valence-corrected chi connectivity index (χ0v) is 13.9. The van der Waals surface area contributed by atoms with Crippen LogP contribution in [0.4, 0.5) is 0 Å². The van der Waals surface area contributed by atoms with Gasteiger partial charge in [-0.05, 0) is 36.9 Å². The first-order valence-electron chi connectivity index (χ1n) is 7.08. The van der Waals surface area contributed by atoms with Gasteiger partial charge in [-0.1, -0.05) is 28.9 Å². The quantitative estimate of drug-likeness (QED) is 0.742. The molecule has 0 aliphatic carbocycles. The summed E-state index contributed by atoms with van der Waals surface area (Å²) in [5.41, 5.74) is 0.416. The van der Waals surface area contributed by atoms with E-state index in [4.69, 9.17) is 4.74 Å². The van der Waals surface area contributed by atoms with E-state index in [-0.39, 0.29) is 5.91 Å². The SMILES string of the molecule is CCNCCNC(=O)c1cccnc1Oc1cccc(Br)c1. The molecule has 0 radical (unpaired) electrons. The number of halogens is 1. The third-order valence-corrected chi connectivity index (χ3v) is 3.36. The van der Waals surface area contributed by atoms with Gasteiger partial charge >= 0.3 is 0 Å². The predicted molar refractivity (Wildman–Crippen MR) is 89.3 cm³/mol. The van der Waals surface area contributed by atoms with E-state index in [2.05, 4.69) is 31.5 Å². The first-order chi connectivity index (χ1) is 10.7. The maximum absolute atomic E-state index is 12.2. The highest BCUT2D eigenvalue weighted by molar-refractivity contribution is 9.10. The van der Waals surface area contributed by atoms with Gasteiger partial charge in [-0.2, -0.15) is 0 Å². The van der Waals surface area contributed by atoms with Crippen molar-refractivity contribution in [3.63, 3.8) is 0 Å². The Labute approximate surface area is 138 Å². The number of pyridine rings is 1. The lowest BCUT2D eigenvalue weighted by Crippen LogP contribution is -2.32. The minimum absolute atomic E-state index is 0.198. The summed E-state index contributed by atoms with van der Waals surface area (Å²) in [6.07, 6.45) is 1.60. The van der Waals surface area contributed by atoms with Gasteiger partial charge in [-0.15, -0.1) is 0 Å². The van der Waals surface area contributed by atoms with Crippen molar-refractivity contribution in [3.8, 4) is 11.6 Å². The van der Waals surface area contributed by atoms with E-state index < -0.39 is 0 Å². The third-order valence-electron chi connectivity index (χ3n) is 2.86. The van der Waals surface area contributed by atoms with Crippen molar-refractivity contribution in [2.75, 3.05) is 19.6 Å². The van der Waals surface area contributed by atoms with Gasteiger partial charge < -0.3 is 15.4 Å². The molecule has 2 N–H and O–H groups in total. The molecule has 1 aromatic heterocycles. The molecular formula is C16H18BrN3O2.